The van der Waals surface area contributed by atoms with Crippen LogP contribution in [0.4, 0.5) is 0 Å². The summed E-state index contributed by atoms with van der Waals surface area (Å²) in [5.74, 6) is 2.45. The zero-order chi connectivity index (χ0) is 13.4. The minimum absolute atomic E-state index is 0.732. The van der Waals surface area contributed by atoms with Crippen LogP contribution < -0.4 is 10.6 Å². The lowest BCUT2D eigenvalue weighted by atomic mass is 10.1. The largest absolute Gasteiger partial charge is 0.357 e. The van der Waals surface area contributed by atoms with Gasteiger partial charge in [-0.2, -0.15) is 0 Å². The first kappa shape index (κ1) is 15.3. The molecular formula is C14H30N4. The molecule has 1 aliphatic heterocycles. The lowest BCUT2D eigenvalue weighted by Gasteiger charge is -2.13. The van der Waals surface area contributed by atoms with Gasteiger partial charge in [0.05, 0.1) is 0 Å². The third-order valence-corrected chi connectivity index (χ3v) is 3.35. The highest BCUT2D eigenvalue weighted by Crippen LogP contribution is 2.14. The Bertz CT molecular complexity index is 250. The molecule has 0 saturated carbocycles. The van der Waals surface area contributed by atoms with E-state index in [0.29, 0.717) is 0 Å². The van der Waals surface area contributed by atoms with E-state index in [1.807, 2.05) is 0 Å². The van der Waals surface area contributed by atoms with Gasteiger partial charge in [0.1, 0.15) is 0 Å². The van der Waals surface area contributed by atoms with Crippen molar-refractivity contribution in [2.75, 3.05) is 39.8 Å². The molecule has 0 aromatic heterocycles. The molecule has 4 heteroatoms. The molecule has 0 amide bonds. The van der Waals surface area contributed by atoms with Gasteiger partial charge >= 0.3 is 0 Å². The van der Waals surface area contributed by atoms with Crippen LogP contribution in [0.1, 0.15) is 33.6 Å². The Kier molecular flexibility index (Phi) is 7.09. The van der Waals surface area contributed by atoms with E-state index in [0.717, 1.165) is 37.4 Å². The number of guanidine groups is 1. The summed E-state index contributed by atoms with van der Waals surface area (Å²) in [6.45, 7) is 11.9. The predicted octanol–water partition coefficient (Wildman–Crippen LogP) is 1.54. The van der Waals surface area contributed by atoms with Crippen molar-refractivity contribution in [3.63, 3.8) is 0 Å². The highest BCUT2D eigenvalue weighted by Gasteiger charge is 2.18. The van der Waals surface area contributed by atoms with Gasteiger partial charge in [0.15, 0.2) is 5.96 Å². The Balaban J connectivity index is 2.30. The van der Waals surface area contributed by atoms with Crippen LogP contribution in [-0.2, 0) is 0 Å². The van der Waals surface area contributed by atoms with Crippen LogP contribution in [-0.4, -0.2) is 50.6 Å². The molecule has 4 nitrogen and oxygen atoms in total. The van der Waals surface area contributed by atoms with E-state index in [2.05, 4.69) is 43.4 Å². The molecule has 1 atom stereocenters. The molecule has 1 unspecified atom stereocenters. The number of hydrogen-bond acceptors (Lipinski definition) is 2. The van der Waals surface area contributed by atoms with E-state index in [1.165, 1.54) is 25.9 Å². The molecular weight excluding hydrogens is 224 g/mol. The maximum Gasteiger partial charge on any atom is 0.191 e. The van der Waals surface area contributed by atoms with Gasteiger partial charge in [-0.3, -0.25) is 4.99 Å². The Hall–Kier alpha value is -0.770. The van der Waals surface area contributed by atoms with Crippen LogP contribution >= 0.6 is 0 Å². The van der Waals surface area contributed by atoms with Crippen LogP contribution in [0.25, 0.3) is 0 Å². The third-order valence-electron chi connectivity index (χ3n) is 3.35. The molecule has 1 heterocycles. The lowest BCUT2D eigenvalue weighted by Crippen LogP contribution is -2.38. The maximum atomic E-state index is 4.69. The van der Waals surface area contributed by atoms with Crippen LogP contribution in [0.3, 0.4) is 0 Å². The van der Waals surface area contributed by atoms with Gasteiger partial charge in [-0.15, -0.1) is 0 Å². The first-order chi connectivity index (χ1) is 8.61. The summed E-state index contributed by atoms with van der Waals surface area (Å²) >= 11 is 0. The standard InChI is InChI=1S/C14H30N4/c1-5-15-14(16-8-6-12(2)3)17-10-13-7-9-18(4)11-13/h12-13H,5-11H2,1-4H3,(H2,15,16,17). The quantitative estimate of drug-likeness (QED) is 0.558. The van der Waals surface area contributed by atoms with Crippen LogP contribution in [0.5, 0.6) is 0 Å². The van der Waals surface area contributed by atoms with Crippen molar-refractivity contribution in [3.05, 3.63) is 0 Å². The monoisotopic (exact) mass is 254 g/mol. The number of nitrogens with zero attached hydrogens (tertiary/aromatic N) is 2. The summed E-state index contributed by atoms with van der Waals surface area (Å²) in [6.07, 6.45) is 2.47. The average molecular weight is 254 g/mol. The summed E-state index contributed by atoms with van der Waals surface area (Å²) < 4.78 is 0. The fourth-order valence-corrected chi connectivity index (χ4v) is 2.22. The van der Waals surface area contributed by atoms with Crippen LogP contribution in [0, 0.1) is 11.8 Å². The summed E-state index contributed by atoms with van der Waals surface area (Å²) in [6, 6.07) is 0. The predicted molar refractivity (Wildman–Crippen MR) is 79.0 cm³/mol. The van der Waals surface area contributed by atoms with Gasteiger partial charge in [0, 0.05) is 26.2 Å². The van der Waals surface area contributed by atoms with Gasteiger partial charge < -0.3 is 15.5 Å². The van der Waals surface area contributed by atoms with Crippen LogP contribution in [0.2, 0.25) is 0 Å². The normalized spacial score (nSPS) is 21.6. The Labute approximate surface area is 112 Å². The van der Waals surface area contributed by atoms with Crippen molar-refractivity contribution in [2.45, 2.75) is 33.6 Å². The van der Waals surface area contributed by atoms with Gasteiger partial charge in [-0.05, 0) is 45.2 Å². The van der Waals surface area contributed by atoms with E-state index >= 15 is 0 Å². The highest BCUT2D eigenvalue weighted by atomic mass is 15.2. The second-order valence-electron chi connectivity index (χ2n) is 5.75. The molecule has 0 aromatic carbocycles. The van der Waals surface area contributed by atoms with Crippen molar-refractivity contribution in [3.8, 4) is 0 Å². The zero-order valence-corrected chi connectivity index (χ0v) is 12.5. The SMILES string of the molecule is CCNC(=NCC1CCN(C)C1)NCCC(C)C. The zero-order valence-electron chi connectivity index (χ0n) is 12.5. The minimum atomic E-state index is 0.732. The van der Waals surface area contributed by atoms with Gasteiger partial charge in [0.2, 0.25) is 0 Å². The summed E-state index contributed by atoms with van der Waals surface area (Å²) in [5, 5.41) is 6.73. The van der Waals surface area contributed by atoms with Crippen molar-refractivity contribution in [2.24, 2.45) is 16.8 Å². The molecule has 0 spiro atoms. The number of hydrogen-bond donors (Lipinski definition) is 2. The molecule has 1 fully saturated rings. The molecule has 106 valence electrons. The topological polar surface area (TPSA) is 39.7 Å². The number of rotatable bonds is 6. The molecule has 1 rings (SSSR count). The van der Waals surface area contributed by atoms with Crippen molar-refractivity contribution in [1.29, 1.82) is 0 Å². The molecule has 0 aliphatic carbocycles. The summed E-state index contributed by atoms with van der Waals surface area (Å²) in [5.41, 5.74) is 0. The van der Waals surface area contributed by atoms with Crippen molar-refractivity contribution < 1.29 is 0 Å². The smallest absolute Gasteiger partial charge is 0.191 e. The first-order valence-electron chi connectivity index (χ1n) is 7.32. The molecule has 18 heavy (non-hydrogen) atoms. The van der Waals surface area contributed by atoms with E-state index < -0.39 is 0 Å². The molecule has 0 bridgehead atoms. The van der Waals surface area contributed by atoms with Crippen molar-refractivity contribution in [1.82, 2.24) is 15.5 Å². The number of aliphatic imine (C=N–C) groups is 1. The molecule has 2 N–H and O–H groups in total. The van der Waals surface area contributed by atoms with E-state index in [4.69, 9.17) is 4.99 Å². The van der Waals surface area contributed by atoms with Gasteiger partial charge in [0.25, 0.3) is 0 Å². The van der Waals surface area contributed by atoms with Gasteiger partial charge in [-0.25, -0.2) is 0 Å². The molecule has 1 aliphatic rings. The maximum absolute atomic E-state index is 4.69. The summed E-state index contributed by atoms with van der Waals surface area (Å²) in [7, 11) is 2.19. The second-order valence-corrected chi connectivity index (χ2v) is 5.75. The molecule has 0 radical (unpaired) electrons. The second kappa shape index (κ2) is 8.35. The fraction of sp³-hybridized carbons (Fsp3) is 0.929. The Morgan fingerprint density at radius 2 is 2.17 bits per heavy atom. The third kappa shape index (κ3) is 6.24. The fourth-order valence-electron chi connectivity index (χ4n) is 2.22. The van der Waals surface area contributed by atoms with E-state index in [-0.39, 0.29) is 0 Å². The Morgan fingerprint density at radius 1 is 1.39 bits per heavy atom. The minimum Gasteiger partial charge on any atom is -0.357 e. The lowest BCUT2D eigenvalue weighted by molar-refractivity contribution is 0.397. The van der Waals surface area contributed by atoms with Gasteiger partial charge in [-0.1, -0.05) is 13.8 Å². The van der Waals surface area contributed by atoms with Crippen molar-refractivity contribution >= 4 is 5.96 Å². The first-order valence-corrected chi connectivity index (χ1v) is 7.32. The number of likely N-dealkylation sites (tertiary alicyclic amines) is 1. The molecule has 1 saturated heterocycles. The van der Waals surface area contributed by atoms with Crippen LogP contribution in [0.15, 0.2) is 4.99 Å². The summed E-state index contributed by atoms with van der Waals surface area (Å²) in [4.78, 5) is 7.08. The Morgan fingerprint density at radius 3 is 2.72 bits per heavy atom. The van der Waals surface area contributed by atoms with E-state index in [1.54, 1.807) is 0 Å². The highest BCUT2D eigenvalue weighted by molar-refractivity contribution is 5.79. The van der Waals surface area contributed by atoms with E-state index in [9.17, 15) is 0 Å². The molecule has 0 aromatic rings. The number of nitrogens with one attached hydrogen (secondary N) is 2. The average Bonchev–Trinajstić information content (AvgIpc) is 2.71.